The van der Waals surface area contributed by atoms with Crippen molar-refractivity contribution < 1.29 is 60.2 Å². The number of carbonyl (C=O) groups is 1. The SMILES string of the molecule is CCNCC1=CC2(C)CCC1C1(OC3CC4(O)C5=CC(=O)C6C7c8cc(O)cc(O)c8CCC7(O)C(OCCO)CC6(C)C5C5(CCC6C=c7ccccc7=C(O)C65)CC4(C)C3C1(O)CCO)C(O)C2C. The van der Waals surface area contributed by atoms with Crippen molar-refractivity contribution in [3.05, 3.63) is 81.3 Å². The zero-order chi connectivity index (χ0) is 50.2. The Bertz CT molecular complexity index is 2780. The maximum absolute atomic E-state index is 15.9. The summed E-state index contributed by atoms with van der Waals surface area (Å²) in [4.78, 5) is 15.9. The third kappa shape index (κ3) is 5.82. The number of fused-ring (bicyclic) bond motifs is 17. The number of nitrogens with one attached hydrogen (secondary N) is 1. The number of rotatable bonds is 8. The lowest BCUT2D eigenvalue weighted by atomic mass is 9.35. The van der Waals surface area contributed by atoms with E-state index in [1.165, 1.54) is 6.07 Å². The Kier molecular flexibility index (Phi) is 10.7. The van der Waals surface area contributed by atoms with Gasteiger partial charge in [0.2, 0.25) is 0 Å². The Morgan fingerprint density at radius 1 is 0.930 bits per heavy atom. The summed E-state index contributed by atoms with van der Waals surface area (Å²) in [5.74, 6) is -5.14. The molecule has 1 heterocycles. The van der Waals surface area contributed by atoms with Crippen LogP contribution in [0.3, 0.4) is 0 Å². The van der Waals surface area contributed by atoms with Crippen molar-refractivity contribution in [3.63, 3.8) is 0 Å². The van der Waals surface area contributed by atoms with E-state index in [9.17, 15) is 46.0 Å². The van der Waals surface area contributed by atoms with Crippen molar-refractivity contribution in [3.8, 4) is 11.5 Å². The van der Waals surface area contributed by atoms with Crippen molar-refractivity contribution in [2.24, 2.45) is 63.1 Å². The molecule has 0 aromatic heterocycles. The van der Waals surface area contributed by atoms with E-state index in [0.29, 0.717) is 42.5 Å². The van der Waals surface area contributed by atoms with Gasteiger partial charge < -0.3 is 60.7 Å². The smallest absolute Gasteiger partial charge is 0.160 e. The van der Waals surface area contributed by atoms with Gasteiger partial charge in [-0.1, -0.05) is 76.6 Å². The second-order valence-electron chi connectivity index (χ2n) is 25.1. The number of phenols is 2. The van der Waals surface area contributed by atoms with Gasteiger partial charge in [0.05, 0.1) is 42.7 Å². The summed E-state index contributed by atoms with van der Waals surface area (Å²) in [7, 11) is 0. The van der Waals surface area contributed by atoms with Gasteiger partial charge in [-0.25, -0.2) is 0 Å². The molecule has 13 nitrogen and oxygen atoms in total. The first-order valence-corrected chi connectivity index (χ1v) is 26.8. The quantitative estimate of drug-likeness (QED) is 0.169. The van der Waals surface area contributed by atoms with Crippen LogP contribution in [0.15, 0.2) is 59.7 Å². The summed E-state index contributed by atoms with van der Waals surface area (Å²) in [6.07, 6.45) is 6.76. The monoisotopic (exact) mass is 978 g/mol. The number of allylic oxidation sites excluding steroid dienone is 2. The van der Waals surface area contributed by atoms with Gasteiger partial charge in [-0.3, -0.25) is 4.79 Å². The van der Waals surface area contributed by atoms with Crippen LogP contribution in [0.4, 0.5) is 0 Å². The molecule has 5 saturated carbocycles. The number of likely N-dealkylation sites (N-methyl/N-ethyl adjacent to an activating group) is 1. The summed E-state index contributed by atoms with van der Waals surface area (Å²) in [5.41, 5.74) is -7.93. The maximum Gasteiger partial charge on any atom is 0.160 e. The average molecular weight is 978 g/mol. The lowest BCUT2D eigenvalue weighted by molar-refractivity contribution is -0.257. The minimum atomic E-state index is -1.87. The largest absolute Gasteiger partial charge is 0.511 e. The number of aliphatic hydroxyl groups is 7. The highest BCUT2D eigenvalue weighted by atomic mass is 16.6. The Morgan fingerprint density at radius 2 is 1.70 bits per heavy atom. The van der Waals surface area contributed by atoms with E-state index in [-0.39, 0.29) is 86.6 Å². The molecule has 11 aliphatic rings. The minimum Gasteiger partial charge on any atom is -0.511 e. The first kappa shape index (κ1) is 48.3. The van der Waals surface area contributed by atoms with E-state index in [4.69, 9.17) is 9.47 Å². The number of aromatic hydroxyl groups is 2. The highest BCUT2D eigenvalue weighted by Crippen LogP contribution is 2.81. The van der Waals surface area contributed by atoms with Gasteiger partial charge in [0.1, 0.15) is 28.5 Å². The third-order valence-electron chi connectivity index (χ3n) is 22.3. The number of carbonyl (C=O) groups excluding carboxylic acids is 1. The predicted octanol–water partition coefficient (Wildman–Crippen LogP) is 3.94. The number of phenolic OH excluding ortho intramolecular Hbond substituents is 2. The van der Waals surface area contributed by atoms with Crippen LogP contribution in [0.5, 0.6) is 11.5 Å². The maximum atomic E-state index is 15.9. The molecule has 2 spiro atoms. The average Bonchev–Trinajstić information content (AvgIpc) is 3.85. The van der Waals surface area contributed by atoms with Crippen LogP contribution >= 0.6 is 0 Å². The Hall–Kier alpha value is -3.63. The van der Waals surface area contributed by atoms with E-state index in [2.05, 4.69) is 38.2 Å². The van der Waals surface area contributed by atoms with E-state index >= 15 is 4.79 Å². The second-order valence-corrected chi connectivity index (χ2v) is 25.1. The third-order valence-corrected chi connectivity index (χ3v) is 22.3. The van der Waals surface area contributed by atoms with Crippen LogP contribution in [-0.2, 0) is 20.7 Å². The van der Waals surface area contributed by atoms with Gasteiger partial charge in [0.15, 0.2) is 5.78 Å². The van der Waals surface area contributed by atoms with Gasteiger partial charge in [-0.2, -0.15) is 0 Å². The molecule has 1 saturated heterocycles. The van der Waals surface area contributed by atoms with Crippen molar-refractivity contribution in [1.82, 2.24) is 5.32 Å². The molecule has 13 rings (SSSR count). The molecule has 0 radical (unpaired) electrons. The molecule has 10 aliphatic carbocycles. The predicted molar refractivity (Wildman–Crippen MR) is 263 cm³/mol. The van der Waals surface area contributed by atoms with Gasteiger partial charge >= 0.3 is 0 Å². The first-order valence-electron chi connectivity index (χ1n) is 26.8. The van der Waals surface area contributed by atoms with Crippen LogP contribution in [0.25, 0.3) is 11.8 Å². The number of ether oxygens (including phenoxy) is 2. The molecule has 0 amide bonds. The number of hydrogen-bond acceptors (Lipinski definition) is 13. The molecule has 19 atom stereocenters. The van der Waals surface area contributed by atoms with Gasteiger partial charge in [0, 0.05) is 72.3 Å². The molecule has 384 valence electrons. The summed E-state index contributed by atoms with van der Waals surface area (Å²) in [6, 6.07) is 10.7. The van der Waals surface area contributed by atoms with Crippen molar-refractivity contribution in [2.75, 3.05) is 32.9 Å². The van der Waals surface area contributed by atoms with E-state index in [0.717, 1.165) is 29.0 Å². The first-order chi connectivity index (χ1) is 33.7. The molecule has 6 fully saturated rings. The summed E-state index contributed by atoms with van der Waals surface area (Å²) in [5, 5.41) is 117. The Morgan fingerprint density at radius 3 is 2.45 bits per heavy atom. The van der Waals surface area contributed by atoms with Crippen LogP contribution < -0.4 is 15.8 Å². The fourth-order valence-corrected chi connectivity index (χ4v) is 19.7. The standard InChI is InChI=1S/C58H75NO12/c1-6-59-28-33-25-51(3)14-13-38(33)58(50(66)30(51)2)56(68,17-18-60)49-42(71-58)26-57(69)39-24-41(64)46-45-37-22-34(62)23-40(63)36(37)12-16-55(45,67)43(70-20-19-61)27-52(46,4)48(39)54(29-53(49,57)5)15-11-32-21-31-9-7-8-10-35(31)47(65)44(32)54/h7-10,21-25,30,32,38,42-46,48-50,59-63,65-69H,6,11-20,26-29H2,1-5H3. The number of aliphatic hydroxyl groups excluding tert-OH is 4. The van der Waals surface area contributed by atoms with Crippen LogP contribution in [-0.4, -0.2) is 125 Å². The summed E-state index contributed by atoms with van der Waals surface area (Å²) in [6.45, 7) is 10.8. The molecule has 2 bridgehead atoms. The second kappa shape index (κ2) is 15.7. The zero-order valence-electron chi connectivity index (χ0n) is 41.9. The molecule has 10 N–H and O–H groups in total. The van der Waals surface area contributed by atoms with E-state index in [1.807, 2.05) is 38.1 Å². The topological polar surface area (TPSA) is 230 Å². The number of ketones is 1. The van der Waals surface area contributed by atoms with Crippen LogP contribution in [0.1, 0.15) is 109 Å². The van der Waals surface area contributed by atoms with Crippen molar-refractivity contribution in [1.29, 1.82) is 0 Å². The normalized spacial score (nSPS) is 48.6. The fraction of sp³-hybridized carbons (Fsp3) is 0.672. The van der Waals surface area contributed by atoms with E-state index in [1.54, 1.807) is 12.1 Å². The molecule has 2 aromatic rings. The summed E-state index contributed by atoms with van der Waals surface area (Å²) < 4.78 is 14.1. The van der Waals surface area contributed by atoms with Gasteiger partial charge in [-0.15, -0.1) is 0 Å². The number of benzene rings is 2. The van der Waals surface area contributed by atoms with Gasteiger partial charge in [-0.05, 0) is 126 Å². The van der Waals surface area contributed by atoms with Crippen LogP contribution in [0.2, 0.25) is 0 Å². The lowest BCUT2D eigenvalue weighted by Crippen LogP contribution is -2.73. The minimum absolute atomic E-state index is 0.00851. The molecular formula is C58H75NO12. The van der Waals surface area contributed by atoms with E-state index < -0.39 is 104 Å². The number of hydrogen-bond donors (Lipinski definition) is 10. The molecule has 1 aliphatic heterocycles. The Balaban J connectivity index is 1.10. The summed E-state index contributed by atoms with van der Waals surface area (Å²) >= 11 is 0. The lowest BCUT2D eigenvalue weighted by Gasteiger charge is -2.70. The van der Waals surface area contributed by atoms with Crippen LogP contribution in [0, 0.1) is 63.1 Å². The molecule has 2 aromatic carbocycles. The molecule has 19 unspecified atom stereocenters. The highest BCUT2D eigenvalue weighted by molar-refractivity contribution is 5.96. The van der Waals surface area contributed by atoms with Crippen molar-refractivity contribution >= 4 is 17.6 Å². The highest BCUT2D eigenvalue weighted by Gasteiger charge is 2.85. The molecule has 71 heavy (non-hydrogen) atoms. The van der Waals surface area contributed by atoms with Crippen molar-refractivity contribution in [2.45, 2.75) is 145 Å². The molecule has 13 heteroatoms. The fourth-order valence-electron chi connectivity index (χ4n) is 19.7. The van der Waals surface area contributed by atoms with Gasteiger partial charge in [0.25, 0.3) is 0 Å². The Labute approximate surface area is 416 Å². The zero-order valence-corrected chi connectivity index (χ0v) is 41.9. The molecular weight excluding hydrogens is 903 g/mol.